The Bertz CT molecular complexity index is 327. The van der Waals surface area contributed by atoms with Gasteiger partial charge in [0.05, 0.1) is 6.10 Å². The van der Waals surface area contributed by atoms with Gasteiger partial charge < -0.3 is 10.8 Å². The lowest BCUT2D eigenvalue weighted by atomic mass is 9.69. The summed E-state index contributed by atoms with van der Waals surface area (Å²) in [6.07, 6.45) is 9.03. The van der Waals surface area contributed by atoms with E-state index in [-0.39, 0.29) is 16.9 Å². The standard InChI is InChI=1S/C16H29NO/c1-15(2)5-6-16(10-17,14(15)18)9-13-8-11-3-4-12(13)7-11/h11-14,18H,3-10,17H2,1-2H3. The summed E-state index contributed by atoms with van der Waals surface area (Å²) in [5.41, 5.74) is 6.19. The molecule has 0 aromatic carbocycles. The van der Waals surface area contributed by atoms with Gasteiger partial charge in [-0.1, -0.05) is 20.3 Å². The van der Waals surface area contributed by atoms with E-state index in [1.54, 1.807) is 0 Å². The maximum atomic E-state index is 10.7. The summed E-state index contributed by atoms with van der Waals surface area (Å²) < 4.78 is 0. The topological polar surface area (TPSA) is 46.2 Å². The third kappa shape index (κ3) is 1.84. The monoisotopic (exact) mass is 251 g/mol. The van der Waals surface area contributed by atoms with Gasteiger partial charge in [-0.25, -0.2) is 0 Å². The zero-order valence-corrected chi connectivity index (χ0v) is 12.0. The molecule has 3 aliphatic rings. The summed E-state index contributed by atoms with van der Waals surface area (Å²) in [5.74, 6) is 2.81. The molecule has 0 aliphatic heterocycles. The molecule has 0 heterocycles. The molecule has 0 radical (unpaired) electrons. The third-order valence-electron chi connectivity index (χ3n) is 6.55. The van der Waals surface area contributed by atoms with Crippen molar-refractivity contribution in [3.05, 3.63) is 0 Å². The first-order valence-corrected chi connectivity index (χ1v) is 7.85. The van der Waals surface area contributed by atoms with Crippen LogP contribution in [0.1, 0.15) is 58.8 Å². The first-order chi connectivity index (χ1) is 8.47. The average molecular weight is 251 g/mol. The number of aliphatic hydroxyl groups is 1. The number of nitrogens with two attached hydrogens (primary N) is 1. The van der Waals surface area contributed by atoms with Crippen LogP contribution >= 0.6 is 0 Å². The molecule has 5 unspecified atom stereocenters. The van der Waals surface area contributed by atoms with Gasteiger partial charge in [0.1, 0.15) is 0 Å². The van der Waals surface area contributed by atoms with Crippen molar-refractivity contribution in [2.24, 2.45) is 34.3 Å². The van der Waals surface area contributed by atoms with Crippen molar-refractivity contribution in [3.63, 3.8) is 0 Å². The summed E-state index contributed by atoms with van der Waals surface area (Å²) in [4.78, 5) is 0. The van der Waals surface area contributed by atoms with E-state index in [1.165, 1.54) is 32.1 Å². The fourth-order valence-electron chi connectivity index (χ4n) is 5.33. The number of hydrogen-bond donors (Lipinski definition) is 2. The van der Waals surface area contributed by atoms with E-state index < -0.39 is 0 Å². The lowest BCUT2D eigenvalue weighted by Gasteiger charge is -2.39. The molecule has 0 amide bonds. The van der Waals surface area contributed by atoms with Crippen molar-refractivity contribution in [2.75, 3.05) is 6.54 Å². The van der Waals surface area contributed by atoms with Crippen LogP contribution in [0.4, 0.5) is 0 Å². The molecule has 3 aliphatic carbocycles. The normalized spacial score (nSPS) is 50.0. The highest BCUT2D eigenvalue weighted by atomic mass is 16.3. The highest BCUT2D eigenvalue weighted by Crippen LogP contribution is 2.57. The number of aliphatic hydroxyl groups excluding tert-OH is 1. The summed E-state index contributed by atoms with van der Waals surface area (Å²) in [6, 6.07) is 0. The summed E-state index contributed by atoms with van der Waals surface area (Å²) >= 11 is 0. The summed E-state index contributed by atoms with van der Waals surface area (Å²) in [7, 11) is 0. The fraction of sp³-hybridized carbons (Fsp3) is 1.00. The predicted octanol–water partition coefficient (Wildman–Crippen LogP) is 2.94. The van der Waals surface area contributed by atoms with Crippen LogP contribution in [0.5, 0.6) is 0 Å². The van der Waals surface area contributed by atoms with Crippen molar-refractivity contribution in [1.29, 1.82) is 0 Å². The zero-order valence-electron chi connectivity index (χ0n) is 12.0. The Balaban J connectivity index is 1.73. The molecular weight excluding hydrogens is 222 g/mol. The zero-order chi connectivity index (χ0) is 13.0. The minimum atomic E-state index is -0.200. The van der Waals surface area contributed by atoms with Gasteiger partial charge in [0, 0.05) is 12.0 Å². The van der Waals surface area contributed by atoms with Gasteiger partial charge >= 0.3 is 0 Å². The van der Waals surface area contributed by atoms with Crippen LogP contribution in [0.3, 0.4) is 0 Å². The smallest absolute Gasteiger partial charge is 0.0659 e. The minimum absolute atomic E-state index is 0.0264. The Labute approximate surface area is 111 Å². The average Bonchev–Trinajstić information content (AvgIpc) is 3.00. The van der Waals surface area contributed by atoms with Crippen molar-refractivity contribution >= 4 is 0 Å². The Morgan fingerprint density at radius 1 is 1.17 bits per heavy atom. The Morgan fingerprint density at radius 3 is 2.39 bits per heavy atom. The predicted molar refractivity (Wildman–Crippen MR) is 74.1 cm³/mol. The third-order valence-corrected chi connectivity index (χ3v) is 6.55. The molecule has 3 rings (SSSR count). The second kappa shape index (κ2) is 4.21. The van der Waals surface area contributed by atoms with Crippen LogP contribution in [-0.2, 0) is 0 Å². The maximum Gasteiger partial charge on any atom is 0.0659 e. The lowest BCUT2D eigenvalue weighted by Crippen LogP contribution is -2.44. The van der Waals surface area contributed by atoms with E-state index in [4.69, 9.17) is 5.73 Å². The fourth-order valence-corrected chi connectivity index (χ4v) is 5.33. The molecule has 0 spiro atoms. The van der Waals surface area contributed by atoms with Crippen LogP contribution < -0.4 is 5.73 Å². The molecular formula is C16H29NO. The van der Waals surface area contributed by atoms with E-state index in [0.717, 1.165) is 30.6 Å². The van der Waals surface area contributed by atoms with Gasteiger partial charge in [0.15, 0.2) is 0 Å². The first-order valence-electron chi connectivity index (χ1n) is 7.85. The van der Waals surface area contributed by atoms with Gasteiger partial charge in [-0.05, 0) is 61.7 Å². The van der Waals surface area contributed by atoms with Crippen LogP contribution in [0.25, 0.3) is 0 Å². The minimum Gasteiger partial charge on any atom is -0.392 e. The summed E-state index contributed by atoms with van der Waals surface area (Å²) in [5, 5.41) is 10.7. The van der Waals surface area contributed by atoms with Gasteiger partial charge in [-0.2, -0.15) is 0 Å². The van der Waals surface area contributed by atoms with Gasteiger partial charge in [-0.3, -0.25) is 0 Å². The van der Waals surface area contributed by atoms with Gasteiger partial charge in [0.2, 0.25) is 0 Å². The van der Waals surface area contributed by atoms with Crippen molar-refractivity contribution in [2.45, 2.75) is 64.9 Å². The molecule has 104 valence electrons. The molecule has 3 saturated carbocycles. The second-order valence-electron chi connectivity index (χ2n) is 8.10. The van der Waals surface area contributed by atoms with Crippen LogP contribution in [0.2, 0.25) is 0 Å². The largest absolute Gasteiger partial charge is 0.392 e. The SMILES string of the molecule is CC1(C)CCC(CN)(CC2CC3CCC2C3)C1O. The molecule has 0 saturated heterocycles. The van der Waals surface area contributed by atoms with Crippen LogP contribution in [0, 0.1) is 28.6 Å². The maximum absolute atomic E-state index is 10.7. The Kier molecular flexibility index (Phi) is 3.02. The van der Waals surface area contributed by atoms with Crippen molar-refractivity contribution in [1.82, 2.24) is 0 Å². The molecule has 2 heteroatoms. The quantitative estimate of drug-likeness (QED) is 0.810. The van der Waals surface area contributed by atoms with E-state index in [0.29, 0.717) is 6.54 Å². The molecule has 2 bridgehead atoms. The Hall–Kier alpha value is -0.0800. The number of rotatable bonds is 3. The molecule has 0 aromatic rings. The molecule has 2 nitrogen and oxygen atoms in total. The molecule has 0 aromatic heterocycles. The van der Waals surface area contributed by atoms with Crippen molar-refractivity contribution < 1.29 is 5.11 Å². The first kappa shape index (κ1) is 12.9. The van der Waals surface area contributed by atoms with E-state index in [1.807, 2.05) is 0 Å². The molecule has 18 heavy (non-hydrogen) atoms. The highest BCUT2D eigenvalue weighted by Gasteiger charge is 2.53. The van der Waals surface area contributed by atoms with Gasteiger partial charge in [-0.15, -0.1) is 0 Å². The number of fused-ring (bicyclic) bond motifs is 2. The lowest BCUT2D eigenvalue weighted by molar-refractivity contribution is -0.0212. The second-order valence-corrected chi connectivity index (χ2v) is 8.10. The van der Waals surface area contributed by atoms with E-state index in [9.17, 15) is 5.11 Å². The molecule has 3 N–H and O–H groups in total. The van der Waals surface area contributed by atoms with Crippen molar-refractivity contribution in [3.8, 4) is 0 Å². The highest BCUT2D eigenvalue weighted by molar-refractivity contribution is 5.04. The van der Waals surface area contributed by atoms with E-state index in [2.05, 4.69) is 13.8 Å². The van der Waals surface area contributed by atoms with E-state index >= 15 is 0 Å². The number of hydrogen-bond acceptors (Lipinski definition) is 2. The molecule has 3 fully saturated rings. The Morgan fingerprint density at radius 2 is 1.94 bits per heavy atom. The van der Waals surface area contributed by atoms with Crippen LogP contribution in [0.15, 0.2) is 0 Å². The summed E-state index contributed by atoms with van der Waals surface area (Å²) in [6.45, 7) is 5.08. The van der Waals surface area contributed by atoms with Gasteiger partial charge in [0.25, 0.3) is 0 Å². The molecule has 5 atom stereocenters. The van der Waals surface area contributed by atoms with Crippen LogP contribution in [-0.4, -0.2) is 17.8 Å².